The van der Waals surface area contributed by atoms with Gasteiger partial charge in [-0.2, -0.15) is 0 Å². The molecule has 0 saturated heterocycles. The van der Waals surface area contributed by atoms with Crippen LogP contribution in [-0.2, 0) is 0 Å². The lowest BCUT2D eigenvalue weighted by Gasteiger charge is -2.20. The summed E-state index contributed by atoms with van der Waals surface area (Å²) >= 11 is 0. The van der Waals surface area contributed by atoms with Crippen LogP contribution in [0.2, 0.25) is 0 Å². The van der Waals surface area contributed by atoms with Gasteiger partial charge in [0.2, 0.25) is 0 Å². The van der Waals surface area contributed by atoms with Crippen molar-refractivity contribution in [1.82, 2.24) is 16.0 Å². The van der Waals surface area contributed by atoms with Gasteiger partial charge in [0.15, 0.2) is 0 Å². The van der Waals surface area contributed by atoms with E-state index in [4.69, 9.17) is 4.74 Å². The molecule has 134 valence electrons. The number of likely N-dealkylation sites (N-methyl/N-ethyl adjacent to an activating group) is 1. The molecule has 5 nitrogen and oxygen atoms in total. The Bertz CT molecular complexity index is 646. The lowest BCUT2D eigenvalue weighted by atomic mass is 10.1. The summed E-state index contributed by atoms with van der Waals surface area (Å²) in [5, 5.41) is 9.05. The zero-order valence-corrected chi connectivity index (χ0v) is 14.9. The monoisotopic (exact) mass is 341 g/mol. The van der Waals surface area contributed by atoms with Gasteiger partial charge in [0.25, 0.3) is 5.91 Å². The molecule has 3 N–H and O–H groups in total. The fourth-order valence-electron chi connectivity index (χ4n) is 2.51. The van der Waals surface area contributed by atoms with E-state index in [-0.39, 0.29) is 12.0 Å². The molecular formula is C20H27N3O2. The molecule has 0 aliphatic heterocycles. The highest BCUT2D eigenvalue weighted by Gasteiger charge is 2.14. The summed E-state index contributed by atoms with van der Waals surface area (Å²) in [4.78, 5) is 12.2. The Morgan fingerprint density at radius 2 is 1.72 bits per heavy atom. The van der Waals surface area contributed by atoms with E-state index in [2.05, 4.69) is 28.1 Å². The van der Waals surface area contributed by atoms with Crippen molar-refractivity contribution >= 4 is 5.91 Å². The van der Waals surface area contributed by atoms with E-state index < -0.39 is 0 Å². The van der Waals surface area contributed by atoms with Crippen molar-refractivity contribution in [2.45, 2.75) is 12.5 Å². The Balaban J connectivity index is 2.08. The molecule has 0 aromatic heterocycles. The summed E-state index contributed by atoms with van der Waals surface area (Å²) in [6, 6.07) is 17.5. The second-order valence-corrected chi connectivity index (χ2v) is 5.80. The number of carbonyl (C=O) groups is 1. The number of benzene rings is 2. The van der Waals surface area contributed by atoms with Crippen molar-refractivity contribution in [3.05, 3.63) is 65.7 Å². The fraction of sp³-hybridized carbons (Fsp3) is 0.350. The Labute approximate surface area is 149 Å². The first-order valence-electron chi connectivity index (χ1n) is 8.63. The molecule has 1 unspecified atom stereocenters. The molecule has 0 fully saturated rings. The third-order valence-electron chi connectivity index (χ3n) is 3.86. The molecule has 0 saturated carbocycles. The molecular weight excluding hydrogens is 314 g/mol. The maximum absolute atomic E-state index is 12.2. The summed E-state index contributed by atoms with van der Waals surface area (Å²) < 4.78 is 6.19. The highest BCUT2D eigenvalue weighted by atomic mass is 16.5. The van der Waals surface area contributed by atoms with Gasteiger partial charge < -0.3 is 20.7 Å². The number of rotatable bonds is 10. The SMILES string of the molecule is CNCCNC(=O)c1cccc(OC(CCNC)c2ccccc2)c1. The average Bonchev–Trinajstić information content (AvgIpc) is 2.66. The van der Waals surface area contributed by atoms with Gasteiger partial charge in [0.1, 0.15) is 11.9 Å². The van der Waals surface area contributed by atoms with Crippen LogP contribution >= 0.6 is 0 Å². The van der Waals surface area contributed by atoms with Crippen molar-refractivity contribution in [1.29, 1.82) is 0 Å². The first kappa shape index (κ1) is 19.0. The fourth-order valence-corrected chi connectivity index (χ4v) is 2.51. The number of ether oxygens (including phenoxy) is 1. The van der Waals surface area contributed by atoms with Gasteiger partial charge in [-0.1, -0.05) is 36.4 Å². The minimum atomic E-state index is -0.0906. The second kappa shape index (κ2) is 10.5. The Morgan fingerprint density at radius 1 is 0.960 bits per heavy atom. The summed E-state index contributed by atoms with van der Waals surface area (Å²) in [6.07, 6.45) is 0.787. The van der Waals surface area contributed by atoms with Crippen LogP contribution in [0.5, 0.6) is 5.75 Å². The number of carbonyl (C=O) groups excluding carboxylic acids is 1. The van der Waals surface area contributed by atoms with Crippen molar-refractivity contribution in [2.24, 2.45) is 0 Å². The van der Waals surface area contributed by atoms with Gasteiger partial charge >= 0.3 is 0 Å². The number of amides is 1. The van der Waals surface area contributed by atoms with Crippen LogP contribution in [0.25, 0.3) is 0 Å². The van der Waals surface area contributed by atoms with E-state index in [0.717, 1.165) is 25.1 Å². The van der Waals surface area contributed by atoms with Gasteiger partial charge in [-0.25, -0.2) is 0 Å². The lowest BCUT2D eigenvalue weighted by Crippen LogP contribution is -2.30. The molecule has 0 heterocycles. The quantitative estimate of drug-likeness (QED) is 0.581. The van der Waals surface area contributed by atoms with E-state index in [9.17, 15) is 4.79 Å². The molecule has 2 rings (SSSR count). The summed E-state index contributed by atoms with van der Waals surface area (Å²) in [6.45, 7) is 2.18. The Morgan fingerprint density at radius 3 is 2.44 bits per heavy atom. The highest BCUT2D eigenvalue weighted by molar-refractivity contribution is 5.94. The van der Waals surface area contributed by atoms with E-state index >= 15 is 0 Å². The zero-order chi connectivity index (χ0) is 17.9. The van der Waals surface area contributed by atoms with Gasteiger partial charge in [-0.3, -0.25) is 4.79 Å². The molecule has 2 aromatic carbocycles. The van der Waals surface area contributed by atoms with Crippen LogP contribution in [-0.4, -0.2) is 39.6 Å². The molecule has 0 aliphatic carbocycles. The lowest BCUT2D eigenvalue weighted by molar-refractivity contribution is 0.0953. The topological polar surface area (TPSA) is 62.4 Å². The summed E-state index contributed by atoms with van der Waals surface area (Å²) in [5.74, 6) is 0.610. The largest absolute Gasteiger partial charge is 0.486 e. The number of hydrogen-bond acceptors (Lipinski definition) is 4. The molecule has 0 spiro atoms. The second-order valence-electron chi connectivity index (χ2n) is 5.80. The molecule has 0 aliphatic rings. The van der Waals surface area contributed by atoms with Crippen LogP contribution < -0.4 is 20.7 Å². The van der Waals surface area contributed by atoms with Crippen LogP contribution in [0.3, 0.4) is 0 Å². The van der Waals surface area contributed by atoms with E-state index in [1.54, 1.807) is 12.1 Å². The van der Waals surface area contributed by atoms with Crippen molar-refractivity contribution in [3.8, 4) is 5.75 Å². The van der Waals surface area contributed by atoms with E-state index in [1.165, 1.54) is 0 Å². The van der Waals surface area contributed by atoms with E-state index in [0.29, 0.717) is 17.9 Å². The molecule has 25 heavy (non-hydrogen) atoms. The standard InChI is InChI=1S/C20H27N3O2/c1-21-12-11-19(16-7-4-3-5-8-16)25-18-10-6-9-17(15-18)20(24)23-14-13-22-2/h3-10,15,19,21-22H,11-14H2,1-2H3,(H,23,24). The minimum absolute atomic E-state index is 0.0590. The molecule has 0 bridgehead atoms. The van der Waals surface area contributed by atoms with Crippen LogP contribution in [0.1, 0.15) is 28.4 Å². The van der Waals surface area contributed by atoms with Crippen molar-refractivity contribution in [3.63, 3.8) is 0 Å². The van der Waals surface area contributed by atoms with Crippen molar-refractivity contribution < 1.29 is 9.53 Å². The first-order valence-corrected chi connectivity index (χ1v) is 8.63. The van der Waals surface area contributed by atoms with Gasteiger partial charge in [0.05, 0.1) is 0 Å². The smallest absolute Gasteiger partial charge is 0.251 e. The van der Waals surface area contributed by atoms with Crippen molar-refractivity contribution in [2.75, 3.05) is 33.7 Å². The molecule has 5 heteroatoms. The summed E-state index contributed by atoms with van der Waals surface area (Å²) in [7, 11) is 3.79. The molecule has 1 atom stereocenters. The molecule has 1 amide bonds. The van der Waals surface area contributed by atoms with Gasteiger partial charge in [-0.05, 0) is 44.4 Å². The first-order chi connectivity index (χ1) is 12.2. The predicted octanol–water partition coefficient (Wildman–Crippen LogP) is 2.37. The molecule has 2 aromatic rings. The average molecular weight is 341 g/mol. The maximum atomic E-state index is 12.2. The normalized spacial score (nSPS) is 11.8. The minimum Gasteiger partial charge on any atom is -0.486 e. The van der Waals surface area contributed by atoms with Gasteiger partial charge in [0, 0.05) is 25.1 Å². The number of nitrogens with one attached hydrogen (secondary N) is 3. The Kier molecular flexibility index (Phi) is 7.95. The summed E-state index contributed by atoms with van der Waals surface area (Å²) in [5.41, 5.74) is 1.73. The van der Waals surface area contributed by atoms with Gasteiger partial charge in [-0.15, -0.1) is 0 Å². The predicted molar refractivity (Wildman–Crippen MR) is 101 cm³/mol. The van der Waals surface area contributed by atoms with Crippen LogP contribution in [0.4, 0.5) is 0 Å². The molecule has 0 radical (unpaired) electrons. The zero-order valence-electron chi connectivity index (χ0n) is 14.9. The Hall–Kier alpha value is -2.37. The maximum Gasteiger partial charge on any atom is 0.251 e. The number of hydrogen-bond donors (Lipinski definition) is 3. The van der Waals surface area contributed by atoms with E-state index in [1.807, 2.05) is 44.4 Å². The highest BCUT2D eigenvalue weighted by Crippen LogP contribution is 2.25. The third kappa shape index (κ3) is 6.21. The van der Waals surface area contributed by atoms with Crippen LogP contribution in [0, 0.1) is 0 Å². The third-order valence-corrected chi connectivity index (χ3v) is 3.86. The van der Waals surface area contributed by atoms with Crippen LogP contribution in [0.15, 0.2) is 54.6 Å².